The monoisotopic (exact) mass is 423 g/mol. The quantitative estimate of drug-likeness (QED) is 0.365. The van der Waals surface area contributed by atoms with Crippen molar-refractivity contribution in [3.63, 3.8) is 0 Å². The van der Waals surface area contributed by atoms with E-state index in [1.807, 2.05) is 17.5 Å². The summed E-state index contributed by atoms with van der Waals surface area (Å²) in [4.78, 5) is 28.4. The van der Waals surface area contributed by atoms with Crippen LogP contribution in [0.25, 0.3) is 16.5 Å². The summed E-state index contributed by atoms with van der Waals surface area (Å²) in [5.41, 5.74) is 1.84. The Morgan fingerprint density at radius 1 is 1.27 bits per heavy atom. The maximum absolute atomic E-state index is 12.6. The molecule has 0 atom stereocenters. The molecule has 4 rings (SSSR count). The molecule has 0 aliphatic carbocycles. The predicted octanol–water partition coefficient (Wildman–Crippen LogP) is 4.30. The van der Waals surface area contributed by atoms with Crippen LogP contribution in [0.1, 0.15) is 17.1 Å². The van der Waals surface area contributed by atoms with Crippen LogP contribution >= 0.6 is 11.3 Å². The van der Waals surface area contributed by atoms with Gasteiger partial charge in [0.15, 0.2) is 0 Å². The lowest BCUT2D eigenvalue weighted by Gasteiger charge is -2.08. The van der Waals surface area contributed by atoms with E-state index in [9.17, 15) is 14.9 Å². The van der Waals surface area contributed by atoms with Crippen molar-refractivity contribution in [1.82, 2.24) is 14.8 Å². The second-order valence-electron chi connectivity index (χ2n) is 6.58. The van der Waals surface area contributed by atoms with Gasteiger partial charge >= 0.3 is 0 Å². The van der Waals surface area contributed by atoms with E-state index >= 15 is 0 Å². The first-order valence-electron chi connectivity index (χ1n) is 9.02. The Balaban J connectivity index is 1.52. The number of hydrogen-bond donors (Lipinski definition) is 1. The number of nitro groups is 1. The molecule has 0 bridgehead atoms. The first-order chi connectivity index (χ1) is 14.4. The molecule has 0 unspecified atom stereocenters. The van der Waals surface area contributed by atoms with E-state index in [0.717, 1.165) is 4.88 Å². The molecular formula is C20H17N5O4S. The number of carbonyl (C=O) groups is 1. The SMILES string of the molecule is Cc1cc(NC(=O)Cc2nc(-c3cccs3)oc2C)n(-c2ccc([N+](=O)[O-])cc2)n1. The summed E-state index contributed by atoms with van der Waals surface area (Å²) >= 11 is 1.51. The highest BCUT2D eigenvalue weighted by molar-refractivity contribution is 7.13. The van der Waals surface area contributed by atoms with Crippen LogP contribution in [-0.2, 0) is 11.2 Å². The Bertz CT molecular complexity index is 1210. The van der Waals surface area contributed by atoms with Crippen molar-refractivity contribution in [2.75, 3.05) is 5.32 Å². The van der Waals surface area contributed by atoms with Gasteiger partial charge in [-0.2, -0.15) is 5.10 Å². The number of thiophene rings is 1. The van der Waals surface area contributed by atoms with Crippen molar-refractivity contribution in [3.8, 4) is 16.5 Å². The highest BCUT2D eigenvalue weighted by atomic mass is 32.1. The van der Waals surface area contributed by atoms with Gasteiger partial charge in [-0.15, -0.1) is 11.3 Å². The molecule has 30 heavy (non-hydrogen) atoms. The lowest BCUT2D eigenvalue weighted by Crippen LogP contribution is -2.17. The predicted molar refractivity (Wildman–Crippen MR) is 112 cm³/mol. The molecule has 4 aromatic rings. The van der Waals surface area contributed by atoms with E-state index < -0.39 is 4.92 Å². The van der Waals surface area contributed by atoms with Gasteiger partial charge in [0, 0.05) is 18.2 Å². The van der Waals surface area contributed by atoms with Crippen molar-refractivity contribution in [3.05, 3.63) is 75.1 Å². The number of rotatable bonds is 6. The van der Waals surface area contributed by atoms with Crippen LogP contribution in [0.3, 0.4) is 0 Å². The van der Waals surface area contributed by atoms with E-state index in [1.165, 1.54) is 28.2 Å². The minimum atomic E-state index is -0.467. The number of nitro benzene ring substituents is 1. The second kappa shape index (κ2) is 7.91. The molecule has 0 fully saturated rings. The molecular weight excluding hydrogens is 406 g/mol. The second-order valence-corrected chi connectivity index (χ2v) is 7.53. The minimum absolute atomic E-state index is 0.0173. The van der Waals surface area contributed by atoms with Gasteiger partial charge in [0.2, 0.25) is 11.8 Å². The zero-order valence-corrected chi connectivity index (χ0v) is 17.0. The number of aryl methyl sites for hydroxylation is 2. The van der Waals surface area contributed by atoms with Gasteiger partial charge in [-0.25, -0.2) is 9.67 Å². The van der Waals surface area contributed by atoms with Gasteiger partial charge in [0.25, 0.3) is 5.69 Å². The number of nitrogens with one attached hydrogen (secondary N) is 1. The maximum atomic E-state index is 12.6. The summed E-state index contributed by atoms with van der Waals surface area (Å²) in [5.74, 6) is 1.28. The standard InChI is InChI=1S/C20H17N5O4S/c1-12-10-18(24(23-12)14-5-7-15(8-6-14)25(27)28)22-19(26)11-16-13(2)29-20(21-16)17-4-3-9-30-17/h3-10H,11H2,1-2H3,(H,22,26). The molecule has 1 amide bonds. The van der Waals surface area contributed by atoms with E-state index in [1.54, 1.807) is 32.0 Å². The number of anilines is 1. The molecule has 0 saturated heterocycles. The van der Waals surface area contributed by atoms with E-state index in [2.05, 4.69) is 15.4 Å². The van der Waals surface area contributed by atoms with Crippen molar-refractivity contribution in [2.45, 2.75) is 20.3 Å². The van der Waals surface area contributed by atoms with Crippen LogP contribution < -0.4 is 5.32 Å². The van der Waals surface area contributed by atoms with E-state index in [0.29, 0.717) is 34.5 Å². The topological polar surface area (TPSA) is 116 Å². The van der Waals surface area contributed by atoms with Crippen molar-refractivity contribution in [1.29, 1.82) is 0 Å². The van der Waals surface area contributed by atoms with Gasteiger partial charge in [-0.05, 0) is 37.4 Å². The summed E-state index contributed by atoms with van der Waals surface area (Å²) in [6.45, 7) is 3.57. The van der Waals surface area contributed by atoms with Crippen LogP contribution in [0.5, 0.6) is 0 Å². The number of nitrogens with zero attached hydrogens (tertiary/aromatic N) is 4. The van der Waals surface area contributed by atoms with Gasteiger partial charge in [0.1, 0.15) is 11.6 Å². The number of benzene rings is 1. The number of carbonyl (C=O) groups excluding carboxylic acids is 1. The Morgan fingerprint density at radius 2 is 2.03 bits per heavy atom. The van der Waals surface area contributed by atoms with Crippen LogP contribution in [0.15, 0.2) is 52.3 Å². The minimum Gasteiger partial charge on any atom is -0.440 e. The Labute approximate surface area is 175 Å². The molecule has 10 heteroatoms. The average molecular weight is 423 g/mol. The third-order valence-electron chi connectivity index (χ3n) is 4.36. The summed E-state index contributed by atoms with van der Waals surface area (Å²) in [7, 11) is 0. The zero-order valence-electron chi connectivity index (χ0n) is 16.2. The molecule has 9 nitrogen and oxygen atoms in total. The van der Waals surface area contributed by atoms with E-state index in [4.69, 9.17) is 4.42 Å². The third-order valence-corrected chi connectivity index (χ3v) is 5.21. The van der Waals surface area contributed by atoms with Crippen LogP contribution in [0, 0.1) is 24.0 Å². The van der Waals surface area contributed by atoms with Crippen molar-refractivity contribution < 1.29 is 14.1 Å². The maximum Gasteiger partial charge on any atom is 0.269 e. The summed E-state index contributed by atoms with van der Waals surface area (Å²) < 4.78 is 7.22. The zero-order chi connectivity index (χ0) is 21.3. The summed E-state index contributed by atoms with van der Waals surface area (Å²) in [5, 5.41) is 20.0. The molecule has 0 saturated carbocycles. The number of oxazole rings is 1. The van der Waals surface area contributed by atoms with Crippen LogP contribution in [-0.4, -0.2) is 25.6 Å². The van der Waals surface area contributed by atoms with Gasteiger partial charge in [-0.3, -0.25) is 14.9 Å². The molecule has 1 aromatic carbocycles. The van der Waals surface area contributed by atoms with Gasteiger partial charge in [0.05, 0.1) is 33.3 Å². The normalized spacial score (nSPS) is 10.9. The first-order valence-corrected chi connectivity index (χ1v) is 9.90. The Kier molecular flexibility index (Phi) is 5.15. The van der Waals surface area contributed by atoms with Crippen LogP contribution in [0.4, 0.5) is 11.5 Å². The highest BCUT2D eigenvalue weighted by Gasteiger charge is 2.17. The number of aromatic nitrogens is 3. The molecule has 152 valence electrons. The van der Waals surface area contributed by atoms with Crippen molar-refractivity contribution >= 4 is 28.7 Å². The molecule has 0 spiro atoms. The van der Waals surface area contributed by atoms with E-state index in [-0.39, 0.29) is 18.0 Å². The summed E-state index contributed by atoms with van der Waals surface area (Å²) in [6, 6.07) is 11.5. The van der Waals surface area contributed by atoms with Gasteiger partial charge in [-0.1, -0.05) is 6.07 Å². The average Bonchev–Trinajstić information content (AvgIpc) is 3.43. The molecule has 0 radical (unpaired) electrons. The fraction of sp³-hybridized carbons (Fsp3) is 0.150. The number of amides is 1. The molecule has 0 aliphatic heterocycles. The van der Waals surface area contributed by atoms with Crippen LogP contribution in [0.2, 0.25) is 0 Å². The highest BCUT2D eigenvalue weighted by Crippen LogP contribution is 2.26. The third kappa shape index (κ3) is 3.98. The summed E-state index contributed by atoms with van der Waals surface area (Å²) in [6.07, 6.45) is 0.0468. The van der Waals surface area contributed by atoms with Gasteiger partial charge < -0.3 is 9.73 Å². The number of non-ortho nitro benzene ring substituents is 1. The molecule has 0 aliphatic rings. The lowest BCUT2D eigenvalue weighted by molar-refractivity contribution is -0.384. The Morgan fingerprint density at radius 3 is 2.70 bits per heavy atom. The molecule has 3 aromatic heterocycles. The smallest absolute Gasteiger partial charge is 0.269 e. The molecule has 3 heterocycles. The van der Waals surface area contributed by atoms with Crippen molar-refractivity contribution in [2.24, 2.45) is 0 Å². The fourth-order valence-corrected chi connectivity index (χ4v) is 3.59. The Hall–Kier alpha value is -3.79. The fourth-order valence-electron chi connectivity index (χ4n) is 2.94. The first kappa shape index (κ1) is 19.5. The largest absolute Gasteiger partial charge is 0.440 e. The molecule has 1 N–H and O–H groups in total. The number of hydrogen-bond acceptors (Lipinski definition) is 7. The lowest BCUT2D eigenvalue weighted by atomic mass is 10.2.